The van der Waals surface area contributed by atoms with Gasteiger partial charge in [-0.1, -0.05) is 35.5 Å². The van der Waals surface area contributed by atoms with Crippen molar-refractivity contribution in [3.8, 4) is 11.4 Å². The fourth-order valence-corrected chi connectivity index (χ4v) is 3.57. The molecule has 1 heterocycles. The molecule has 8 heteroatoms. The highest BCUT2D eigenvalue weighted by Gasteiger charge is 2.20. The van der Waals surface area contributed by atoms with Crippen molar-refractivity contribution in [2.24, 2.45) is 7.05 Å². The van der Waals surface area contributed by atoms with Crippen LogP contribution in [0.5, 0.6) is 0 Å². The number of thioether (sulfide) groups is 1. The molecule has 2 aromatic carbocycles. The van der Waals surface area contributed by atoms with Crippen LogP contribution in [0.2, 0.25) is 5.02 Å². The first-order valence-corrected chi connectivity index (χ1v) is 9.85. The van der Waals surface area contributed by atoms with Gasteiger partial charge in [-0.15, -0.1) is 10.2 Å². The number of aromatic nitrogens is 3. The summed E-state index contributed by atoms with van der Waals surface area (Å²) >= 11 is 7.55. The normalized spacial score (nSPS) is 11.9. The summed E-state index contributed by atoms with van der Waals surface area (Å²) in [6.07, 6.45) is 0. The van der Waals surface area contributed by atoms with Crippen LogP contribution in [0.15, 0.2) is 53.7 Å². The Bertz CT molecular complexity index is 1020. The number of anilines is 1. The molecule has 0 radical (unpaired) electrons. The molecule has 0 fully saturated rings. The molecule has 0 aliphatic carbocycles. The van der Waals surface area contributed by atoms with Crippen LogP contribution in [0.1, 0.15) is 24.2 Å². The Labute approximate surface area is 172 Å². The van der Waals surface area contributed by atoms with E-state index in [2.05, 4.69) is 15.5 Å². The Balaban J connectivity index is 1.69. The van der Waals surface area contributed by atoms with Crippen molar-refractivity contribution >= 4 is 40.7 Å². The fourth-order valence-electron chi connectivity index (χ4n) is 2.54. The van der Waals surface area contributed by atoms with Crippen molar-refractivity contribution in [2.75, 3.05) is 5.32 Å². The summed E-state index contributed by atoms with van der Waals surface area (Å²) in [6, 6.07) is 14.2. The lowest BCUT2D eigenvalue weighted by Crippen LogP contribution is -2.22. The zero-order valence-electron chi connectivity index (χ0n) is 15.6. The number of halogens is 1. The number of benzene rings is 2. The maximum absolute atomic E-state index is 12.5. The van der Waals surface area contributed by atoms with Crippen LogP contribution in [-0.4, -0.2) is 31.7 Å². The van der Waals surface area contributed by atoms with E-state index in [0.717, 1.165) is 5.56 Å². The van der Waals surface area contributed by atoms with E-state index < -0.39 is 5.25 Å². The summed E-state index contributed by atoms with van der Waals surface area (Å²) < 4.78 is 1.82. The molecule has 6 nitrogen and oxygen atoms in total. The quantitative estimate of drug-likeness (QED) is 0.476. The predicted molar refractivity (Wildman–Crippen MR) is 112 cm³/mol. The third-order valence-corrected chi connectivity index (χ3v) is 5.62. The second-order valence-electron chi connectivity index (χ2n) is 6.23. The van der Waals surface area contributed by atoms with Gasteiger partial charge in [-0.25, -0.2) is 0 Å². The number of Topliss-reactive ketones (excluding diaryl/α,β-unsaturated/α-hetero) is 1. The van der Waals surface area contributed by atoms with Gasteiger partial charge in [0.15, 0.2) is 16.8 Å². The van der Waals surface area contributed by atoms with E-state index in [1.54, 1.807) is 37.3 Å². The molecule has 0 saturated carbocycles. The number of ketones is 1. The van der Waals surface area contributed by atoms with E-state index in [1.165, 1.54) is 18.7 Å². The van der Waals surface area contributed by atoms with Crippen LogP contribution >= 0.6 is 23.4 Å². The van der Waals surface area contributed by atoms with Gasteiger partial charge in [0.05, 0.1) is 10.3 Å². The van der Waals surface area contributed by atoms with Gasteiger partial charge in [0, 0.05) is 23.9 Å². The molecule has 144 valence electrons. The lowest BCUT2D eigenvalue weighted by atomic mass is 10.1. The van der Waals surface area contributed by atoms with E-state index in [9.17, 15) is 9.59 Å². The summed E-state index contributed by atoms with van der Waals surface area (Å²) in [5.41, 5.74) is 2.03. The summed E-state index contributed by atoms with van der Waals surface area (Å²) in [4.78, 5) is 23.8. The number of carbonyl (C=O) groups is 2. The monoisotopic (exact) mass is 414 g/mol. The van der Waals surface area contributed by atoms with Crippen molar-refractivity contribution < 1.29 is 9.59 Å². The van der Waals surface area contributed by atoms with Crippen LogP contribution < -0.4 is 5.32 Å². The standard InChI is InChI=1S/C20H19ClN4O2S/c1-12(26)14-8-10-15(11-9-14)22-19(27)13(2)28-20-24-23-18(25(20)3)16-6-4-5-7-17(16)21/h4-11,13H,1-3H3,(H,22,27)/t13-/m1/s1. The van der Waals surface area contributed by atoms with Gasteiger partial charge in [-0.3, -0.25) is 9.59 Å². The largest absolute Gasteiger partial charge is 0.325 e. The average Bonchev–Trinajstić information content (AvgIpc) is 3.03. The summed E-state index contributed by atoms with van der Waals surface area (Å²) in [6.45, 7) is 3.30. The first-order valence-electron chi connectivity index (χ1n) is 8.59. The van der Waals surface area contributed by atoms with Gasteiger partial charge >= 0.3 is 0 Å². The second-order valence-corrected chi connectivity index (χ2v) is 7.94. The van der Waals surface area contributed by atoms with Gasteiger partial charge in [0.25, 0.3) is 0 Å². The molecule has 3 rings (SSSR count). The van der Waals surface area contributed by atoms with Crippen LogP contribution in [-0.2, 0) is 11.8 Å². The molecule has 0 saturated heterocycles. The molecule has 1 atom stereocenters. The minimum atomic E-state index is -0.394. The molecule has 0 unspecified atom stereocenters. The van der Waals surface area contributed by atoms with Crippen molar-refractivity contribution in [3.63, 3.8) is 0 Å². The Hall–Kier alpha value is -2.64. The molecular formula is C20H19ClN4O2S. The van der Waals surface area contributed by atoms with Crippen molar-refractivity contribution in [1.29, 1.82) is 0 Å². The fraction of sp³-hybridized carbons (Fsp3) is 0.200. The third-order valence-electron chi connectivity index (χ3n) is 4.16. The Morgan fingerprint density at radius 2 is 1.79 bits per heavy atom. The van der Waals surface area contributed by atoms with Gasteiger partial charge in [-0.2, -0.15) is 0 Å². The second kappa shape index (κ2) is 8.58. The number of amides is 1. The molecule has 0 spiro atoms. The number of nitrogens with one attached hydrogen (secondary N) is 1. The number of rotatable bonds is 6. The van der Waals surface area contributed by atoms with Crippen LogP contribution in [0, 0.1) is 0 Å². The molecule has 28 heavy (non-hydrogen) atoms. The molecule has 0 aliphatic heterocycles. The topological polar surface area (TPSA) is 76.9 Å². The first-order chi connectivity index (χ1) is 13.4. The molecule has 1 amide bonds. The van der Waals surface area contributed by atoms with Gasteiger partial charge in [-0.05, 0) is 50.2 Å². The molecule has 1 aromatic heterocycles. The highest BCUT2D eigenvalue weighted by atomic mass is 35.5. The SMILES string of the molecule is CC(=O)c1ccc(NC(=O)[C@@H](C)Sc2nnc(-c3ccccc3Cl)n2C)cc1. The summed E-state index contributed by atoms with van der Waals surface area (Å²) in [5.74, 6) is 0.460. The minimum Gasteiger partial charge on any atom is -0.325 e. The molecule has 1 N–H and O–H groups in total. The van der Waals surface area contributed by atoms with Gasteiger partial charge < -0.3 is 9.88 Å². The maximum atomic E-state index is 12.5. The van der Waals surface area contributed by atoms with Gasteiger partial charge in [0.1, 0.15) is 0 Å². The minimum absolute atomic E-state index is 0.0154. The van der Waals surface area contributed by atoms with Crippen LogP contribution in [0.4, 0.5) is 5.69 Å². The summed E-state index contributed by atoms with van der Waals surface area (Å²) in [7, 11) is 1.84. The smallest absolute Gasteiger partial charge is 0.237 e. The van der Waals surface area contributed by atoms with Gasteiger partial charge in [0.2, 0.25) is 5.91 Å². The Morgan fingerprint density at radius 3 is 2.43 bits per heavy atom. The zero-order valence-corrected chi connectivity index (χ0v) is 17.2. The van der Waals surface area contributed by atoms with Crippen molar-refractivity contribution in [1.82, 2.24) is 14.8 Å². The number of nitrogens with zero attached hydrogens (tertiary/aromatic N) is 3. The zero-order chi connectivity index (χ0) is 20.3. The summed E-state index contributed by atoms with van der Waals surface area (Å²) in [5, 5.41) is 12.1. The van der Waals surface area contributed by atoms with E-state index in [0.29, 0.717) is 27.3 Å². The van der Waals surface area contributed by atoms with Crippen molar-refractivity contribution in [3.05, 3.63) is 59.1 Å². The first kappa shape index (κ1) is 20.1. The predicted octanol–water partition coefficient (Wildman–Crippen LogP) is 4.46. The number of hydrogen-bond acceptors (Lipinski definition) is 5. The lowest BCUT2D eigenvalue weighted by Gasteiger charge is -2.12. The molecule has 0 bridgehead atoms. The highest BCUT2D eigenvalue weighted by molar-refractivity contribution is 8.00. The maximum Gasteiger partial charge on any atom is 0.237 e. The molecule has 3 aromatic rings. The molecule has 0 aliphatic rings. The van der Waals surface area contributed by atoms with E-state index >= 15 is 0 Å². The van der Waals surface area contributed by atoms with E-state index in [1.807, 2.05) is 29.8 Å². The number of carbonyl (C=O) groups excluding carboxylic acids is 2. The average molecular weight is 415 g/mol. The van der Waals surface area contributed by atoms with E-state index in [4.69, 9.17) is 11.6 Å². The van der Waals surface area contributed by atoms with Crippen LogP contribution in [0.3, 0.4) is 0 Å². The Kier molecular flexibility index (Phi) is 6.16. The molecular weight excluding hydrogens is 396 g/mol. The Morgan fingerprint density at radius 1 is 1.11 bits per heavy atom. The van der Waals surface area contributed by atoms with Crippen LogP contribution in [0.25, 0.3) is 11.4 Å². The van der Waals surface area contributed by atoms with E-state index in [-0.39, 0.29) is 11.7 Å². The van der Waals surface area contributed by atoms with Crippen molar-refractivity contribution in [2.45, 2.75) is 24.3 Å². The highest BCUT2D eigenvalue weighted by Crippen LogP contribution is 2.30. The third kappa shape index (κ3) is 4.43. The number of hydrogen-bond donors (Lipinski definition) is 1. The lowest BCUT2D eigenvalue weighted by molar-refractivity contribution is -0.115.